The van der Waals surface area contributed by atoms with E-state index in [4.69, 9.17) is 4.74 Å². The van der Waals surface area contributed by atoms with E-state index in [0.717, 1.165) is 69.1 Å². The van der Waals surface area contributed by atoms with Crippen molar-refractivity contribution in [1.29, 1.82) is 0 Å². The van der Waals surface area contributed by atoms with Gasteiger partial charge in [-0.15, -0.1) is 11.3 Å². The average molecular weight is 393 g/mol. The minimum absolute atomic E-state index is 0.138. The van der Waals surface area contributed by atoms with Gasteiger partial charge in [0.05, 0.1) is 4.88 Å². The highest BCUT2D eigenvalue weighted by Gasteiger charge is 2.31. The maximum Gasteiger partial charge on any atom is 0.261 e. The van der Waals surface area contributed by atoms with Gasteiger partial charge in [-0.05, 0) is 61.5 Å². The smallest absolute Gasteiger partial charge is 0.261 e. The molecular weight excluding hydrogens is 356 g/mol. The predicted molar refractivity (Wildman–Crippen MR) is 113 cm³/mol. The molecule has 3 rings (SSSR count). The zero-order valence-electron chi connectivity index (χ0n) is 17.5. The quantitative estimate of drug-likeness (QED) is 0.740. The van der Waals surface area contributed by atoms with E-state index < -0.39 is 0 Å². The summed E-state index contributed by atoms with van der Waals surface area (Å²) in [6.07, 6.45) is 6.70. The van der Waals surface area contributed by atoms with E-state index in [1.165, 1.54) is 16.9 Å². The highest BCUT2D eigenvalue weighted by Crippen LogP contribution is 2.40. The molecule has 1 fully saturated rings. The molecule has 152 valence electrons. The molecule has 0 radical (unpaired) electrons. The van der Waals surface area contributed by atoms with Crippen molar-refractivity contribution < 1.29 is 9.53 Å². The fourth-order valence-electron chi connectivity index (χ4n) is 4.36. The van der Waals surface area contributed by atoms with Gasteiger partial charge in [0, 0.05) is 44.3 Å². The third-order valence-corrected chi connectivity index (χ3v) is 7.51. The number of thiophene rings is 1. The average Bonchev–Trinajstić information content (AvgIpc) is 3.06. The van der Waals surface area contributed by atoms with E-state index >= 15 is 0 Å². The molecule has 1 amide bonds. The number of likely N-dealkylation sites (tertiary alicyclic amines) is 1. The highest BCUT2D eigenvalue weighted by atomic mass is 32.1. The molecule has 1 aliphatic carbocycles. The Morgan fingerprint density at radius 3 is 2.70 bits per heavy atom. The van der Waals surface area contributed by atoms with Crippen LogP contribution in [0.4, 0.5) is 0 Å². The highest BCUT2D eigenvalue weighted by molar-refractivity contribution is 7.14. The zero-order chi connectivity index (χ0) is 19.4. The van der Waals surface area contributed by atoms with Gasteiger partial charge in [-0.2, -0.15) is 0 Å². The number of aryl methyl sites for hydroxylation is 1. The van der Waals surface area contributed by atoms with E-state index in [2.05, 4.69) is 37.1 Å². The van der Waals surface area contributed by atoms with Gasteiger partial charge in [-0.25, -0.2) is 0 Å². The summed E-state index contributed by atoms with van der Waals surface area (Å²) in [6.45, 7) is 11.1. The number of amides is 1. The lowest BCUT2D eigenvalue weighted by atomic mass is 9.72. The van der Waals surface area contributed by atoms with Gasteiger partial charge in [0.25, 0.3) is 5.91 Å². The normalized spacial score (nSPS) is 21.9. The Balaban J connectivity index is 1.49. The first-order valence-corrected chi connectivity index (χ1v) is 11.3. The first-order valence-electron chi connectivity index (χ1n) is 10.5. The summed E-state index contributed by atoms with van der Waals surface area (Å²) in [6, 6.07) is 2.49. The van der Waals surface area contributed by atoms with Gasteiger partial charge < -0.3 is 15.0 Å². The van der Waals surface area contributed by atoms with Gasteiger partial charge >= 0.3 is 0 Å². The zero-order valence-corrected chi connectivity index (χ0v) is 18.3. The van der Waals surface area contributed by atoms with Gasteiger partial charge in [-0.1, -0.05) is 20.8 Å². The number of carbonyl (C=O) groups is 1. The number of methoxy groups -OCH3 is 1. The van der Waals surface area contributed by atoms with Gasteiger partial charge in [0.1, 0.15) is 0 Å². The van der Waals surface area contributed by atoms with Crippen LogP contribution in [0.1, 0.15) is 66.6 Å². The van der Waals surface area contributed by atoms with Crippen molar-refractivity contribution in [2.45, 2.75) is 65.3 Å². The van der Waals surface area contributed by atoms with Crippen molar-refractivity contribution in [3.05, 3.63) is 21.4 Å². The SMILES string of the molecule is COCCCN1CCC(NC(=O)c2cc3c(s2)CCC(C(C)(C)C)C3)CC1. The Bertz CT molecular complexity index is 627. The third kappa shape index (κ3) is 5.55. The molecular formula is C22H36N2O2S. The minimum Gasteiger partial charge on any atom is -0.385 e. The van der Waals surface area contributed by atoms with E-state index in [1.54, 1.807) is 18.4 Å². The summed E-state index contributed by atoms with van der Waals surface area (Å²) in [5.74, 6) is 0.859. The van der Waals surface area contributed by atoms with Crippen molar-refractivity contribution >= 4 is 17.2 Å². The van der Waals surface area contributed by atoms with E-state index in [0.29, 0.717) is 11.5 Å². The van der Waals surface area contributed by atoms with E-state index in [9.17, 15) is 4.79 Å². The van der Waals surface area contributed by atoms with Crippen molar-refractivity contribution in [1.82, 2.24) is 10.2 Å². The first kappa shape index (κ1) is 20.8. The number of fused-ring (bicyclic) bond motifs is 1. The van der Waals surface area contributed by atoms with Crippen LogP contribution in [0.3, 0.4) is 0 Å². The van der Waals surface area contributed by atoms with Crippen molar-refractivity contribution in [2.75, 3.05) is 33.4 Å². The fraction of sp³-hybridized carbons (Fsp3) is 0.773. The second kappa shape index (κ2) is 9.06. The molecule has 0 bridgehead atoms. The molecule has 1 N–H and O–H groups in total. The molecule has 1 aliphatic heterocycles. The maximum absolute atomic E-state index is 12.8. The monoisotopic (exact) mass is 392 g/mol. The minimum atomic E-state index is 0.138. The summed E-state index contributed by atoms with van der Waals surface area (Å²) >= 11 is 1.72. The molecule has 5 heteroatoms. The predicted octanol–water partition coefficient (Wildman–Crippen LogP) is 4.13. The number of hydrogen-bond acceptors (Lipinski definition) is 4. The molecule has 1 aromatic rings. The second-order valence-corrected chi connectivity index (χ2v) is 10.4. The van der Waals surface area contributed by atoms with Crippen molar-refractivity contribution in [3.63, 3.8) is 0 Å². The molecule has 27 heavy (non-hydrogen) atoms. The standard InChI is InChI=1S/C22H36N2O2S/c1-22(2,3)17-6-7-19-16(14-17)15-20(27-19)21(25)23-18-8-11-24(12-9-18)10-5-13-26-4/h15,17-18H,5-14H2,1-4H3,(H,23,25). The lowest BCUT2D eigenvalue weighted by molar-refractivity contribution is 0.0911. The summed E-state index contributed by atoms with van der Waals surface area (Å²) in [5.41, 5.74) is 1.77. The number of carbonyl (C=O) groups excluding carboxylic acids is 1. The van der Waals surface area contributed by atoms with E-state index in [1.807, 2.05) is 0 Å². The lowest BCUT2D eigenvalue weighted by Crippen LogP contribution is -2.44. The van der Waals surface area contributed by atoms with Crippen LogP contribution < -0.4 is 5.32 Å². The van der Waals surface area contributed by atoms with Crippen LogP contribution in [0, 0.1) is 11.3 Å². The molecule has 2 aliphatic rings. The number of nitrogens with zero attached hydrogens (tertiary/aromatic N) is 1. The van der Waals surface area contributed by atoms with Gasteiger partial charge in [0.2, 0.25) is 0 Å². The van der Waals surface area contributed by atoms with Crippen molar-refractivity contribution in [3.8, 4) is 0 Å². The Kier molecular flexibility index (Phi) is 6.98. The molecule has 4 nitrogen and oxygen atoms in total. The molecule has 0 spiro atoms. The van der Waals surface area contributed by atoms with E-state index in [-0.39, 0.29) is 5.91 Å². The van der Waals surface area contributed by atoms with Crippen LogP contribution in [-0.4, -0.2) is 50.2 Å². The molecule has 0 saturated carbocycles. The molecule has 0 aromatic carbocycles. The molecule has 1 aromatic heterocycles. The maximum atomic E-state index is 12.8. The molecule has 1 saturated heterocycles. The topological polar surface area (TPSA) is 41.6 Å². The number of piperidine rings is 1. The number of ether oxygens (including phenoxy) is 1. The Morgan fingerprint density at radius 2 is 2.04 bits per heavy atom. The summed E-state index contributed by atoms with van der Waals surface area (Å²) in [5, 5.41) is 3.29. The summed E-state index contributed by atoms with van der Waals surface area (Å²) in [4.78, 5) is 17.6. The Labute approximate surface area is 168 Å². The largest absolute Gasteiger partial charge is 0.385 e. The van der Waals surface area contributed by atoms with Crippen LogP contribution in [-0.2, 0) is 17.6 Å². The van der Waals surface area contributed by atoms with Crippen LogP contribution in [0.15, 0.2) is 6.07 Å². The van der Waals surface area contributed by atoms with Crippen molar-refractivity contribution in [2.24, 2.45) is 11.3 Å². The van der Waals surface area contributed by atoms with Gasteiger partial charge in [-0.3, -0.25) is 4.79 Å². The molecule has 2 heterocycles. The third-order valence-electron chi connectivity index (χ3n) is 6.28. The molecule has 1 atom stereocenters. The van der Waals surface area contributed by atoms with Crippen LogP contribution in [0.2, 0.25) is 0 Å². The Morgan fingerprint density at radius 1 is 1.30 bits per heavy atom. The Hall–Kier alpha value is -0.910. The second-order valence-electron chi connectivity index (χ2n) is 9.30. The number of nitrogens with one attached hydrogen (secondary N) is 1. The number of hydrogen-bond donors (Lipinski definition) is 1. The summed E-state index contributed by atoms with van der Waals surface area (Å²) in [7, 11) is 1.76. The fourth-order valence-corrected chi connectivity index (χ4v) is 5.48. The lowest BCUT2D eigenvalue weighted by Gasteiger charge is -2.33. The van der Waals surface area contributed by atoms with Crippen LogP contribution >= 0.6 is 11.3 Å². The summed E-state index contributed by atoms with van der Waals surface area (Å²) < 4.78 is 5.13. The van der Waals surface area contributed by atoms with Gasteiger partial charge in [0.15, 0.2) is 0 Å². The van der Waals surface area contributed by atoms with Crippen LogP contribution in [0.5, 0.6) is 0 Å². The van der Waals surface area contributed by atoms with Crippen LogP contribution in [0.25, 0.3) is 0 Å². The first-order chi connectivity index (χ1) is 12.9. The molecule has 1 unspecified atom stereocenters. The number of rotatable bonds is 6.